The minimum Gasteiger partial charge on any atom is -0.345 e. The number of aromatic nitrogens is 3. The summed E-state index contributed by atoms with van der Waals surface area (Å²) in [5, 5.41) is 11.5. The second-order valence-corrected chi connectivity index (χ2v) is 8.87. The summed E-state index contributed by atoms with van der Waals surface area (Å²) in [7, 11) is 2.11. The summed E-state index contributed by atoms with van der Waals surface area (Å²) >= 11 is 0. The molecule has 2 aromatic carbocycles. The number of carbonyl (C=O) groups is 1. The molecule has 0 aliphatic carbocycles. The lowest BCUT2D eigenvalue weighted by atomic mass is 9.94. The van der Waals surface area contributed by atoms with E-state index in [9.17, 15) is 9.18 Å². The SMILES string of the molecule is CN1Cc2nnc(C(=O)NCc3ccccc3)n2C[C@@]12CCN(Cc1cccc(F)c1)C2. The van der Waals surface area contributed by atoms with Crippen LogP contribution in [0.4, 0.5) is 4.39 Å². The first-order valence-electron chi connectivity index (χ1n) is 10.9. The van der Waals surface area contributed by atoms with Crippen molar-refractivity contribution >= 4 is 5.91 Å². The molecule has 1 aromatic heterocycles. The van der Waals surface area contributed by atoms with Crippen molar-refractivity contribution in [2.75, 3.05) is 20.1 Å². The van der Waals surface area contributed by atoms with E-state index < -0.39 is 0 Å². The van der Waals surface area contributed by atoms with Gasteiger partial charge in [0.2, 0.25) is 5.82 Å². The van der Waals surface area contributed by atoms with Gasteiger partial charge in [0.25, 0.3) is 5.91 Å². The van der Waals surface area contributed by atoms with Gasteiger partial charge in [-0.05, 0) is 36.7 Å². The van der Waals surface area contributed by atoms with Gasteiger partial charge in [0.05, 0.1) is 12.1 Å². The molecule has 3 heterocycles. The molecular formula is C24H27FN6O. The first-order chi connectivity index (χ1) is 15.5. The van der Waals surface area contributed by atoms with Crippen LogP contribution in [0.1, 0.15) is 34.0 Å². The highest BCUT2D eigenvalue weighted by Gasteiger charge is 2.46. The smallest absolute Gasteiger partial charge is 0.289 e. The summed E-state index contributed by atoms with van der Waals surface area (Å²) in [4.78, 5) is 17.6. The number of benzene rings is 2. The highest BCUT2D eigenvalue weighted by molar-refractivity contribution is 5.90. The molecule has 0 saturated carbocycles. The number of nitrogens with one attached hydrogen (secondary N) is 1. The Kier molecular flexibility index (Phi) is 5.48. The molecule has 1 amide bonds. The van der Waals surface area contributed by atoms with Crippen LogP contribution in [0, 0.1) is 5.82 Å². The molecule has 8 heteroatoms. The van der Waals surface area contributed by atoms with E-state index in [1.54, 1.807) is 12.1 Å². The Morgan fingerprint density at radius 2 is 1.91 bits per heavy atom. The maximum atomic E-state index is 13.6. The number of likely N-dealkylation sites (N-methyl/N-ethyl adjacent to an activating group) is 1. The van der Waals surface area contributed by atoms with Gasteiger partial charge in [-0.3, -0.25) is 14.6 Å². The number of likely N-dealkylation sites (tertiary alicyclic amines) is 1. The molecule has 1 fully saturated rings. The summed E-state index contributed by atoms with van der Waals surface area (Å²) < 4.78 is 15.6. The topological polar surface area (TPSA) is 66.3 Å². The van der Waals surface area contributed by atoms with Crippen LogP contribution in [-0.4, -0.2) is 56.1 Å². The molecule has 5 rings (SSSR count). The Morgan fingerprint density at radius 1 is 1.09 bits per heavy atom. The number of hydrogen-bond donors (Lipinski definition) is 1. The first-order valence-corrected chi connectivity index (χ1v) is 10.9. The normalized spacial score (nSPS) is 21.1. The predicted octanol–water partition coefficient (Wildman–Crippen LogP) is 2.44. The molecule has 166 valence electrons. The number of halogens is 1. The van der Waals surface area contributed by atoms with Gasteiger partial charge in [0.15, 0.2) is 0 Å². The molecule has 0 bridgehead atoms. The fraction of sp³-hybridized carbons (Fsp3) is 0.375. The number of nitrogens with zero attached hydrogens (tertiary/aromatic N) is 5. The fourth-order valence-corrected chi connectivity index (χ4v) is 4.85. The van der Waals surface area contributed by atoms with Crippen molar-refractivity contribution in [1.82, 2.24) is 29.9 Å². The number of amides is 1. The van der Waals surface area contributed by atoms with Crippen LogP contribution in [0.3, 0.4) is 0 Å². The Hall–Kier alpha value is -3.10. The summed E-state index contributed by atoms with van der Waals surface area (Å²) in [6.45, 7) is 4.25. The van der Waals surface area contributed by atoms with Crippen LogP contribution in [0.25, 0.3) is 0 Å². The molecule has 7 nitrogen and oxygen atoms in total. The van der Waals surface area contributed by atoms with Crippen molar-refractivity contribution in [2.45, 2.75) is 38.1 Å². The highest BCUT2D eigenvalue weighted by atomic mass is 19.1. The van der Waals surface area contributed by atoms with Gasteiger partial charge in [0, 0.05) is 32.7 Å². The third-order valence-corrected chi connectivity index (χ3v) is 6.67. The van der Waals surface area contributed by atoms with Gasteiger partial charge < -0.3 is 9.88 Å². The molecule has 0 unspecified atom stereocenters. The van der Waals surface area contributed by atoms with E-state index in [-0.39, 0.29) is 17.3 Å². The van der Waals surface area contributed by atoms with Crippen molar-refractivity contribution in [1.29, 1.82) is 0 Å². The molecule has 2 aliphatic heterocycles. The number of fused-ring (bicyclic) bond motifs is 1. The molecule has 1 spiro atoms. The molecular weight excluding hydrogens is 407 g/mol. The van der Waals surface area contributed by atoms with Gasteiger partial charge in [-0.2, -0.15) is 0 Å². The van der Waals surface area contributed by atoms with Crippen LogP contribution >= 0.6 is 0 Å². The van der Waals surface area contributed by atoms with E-state index in [0.717, 1.165) is 36.5 Å². The minimum absolute atomic E-state index is 0.100. The zero-order chi connectivity index (χ0) is 22.1. The maximum Gasteiger partial charge on any atom is 0.289 e. The lowest BCUT2D eigenvalue weighted by molar-refractivity contribution is 0.0648. The van der Waals surface area contributed by atoms with Crippen LogP contribution < -0.4 is 5.32 Å². The monoisotopic (exact) mass is 434 g/mol. The Labute approximate surface area is 186 Å². The fourth-order valence-electron chi connectivity index (χ4n) is 4.85. The van der Waals surface area contributed by atoms with Crippen molar-refractivity contribution in [3.63, 3.8) is 0 Å². The third-order valence-electron chi connectivity index (χ3n) is 6.67. The Balaban J connectivity index is 1.29. The minimum atomic E-state index is -0.207. The Bertz CT molecular complexity index is 1120. The molecule has 2 aliphatic rings. The van der Waals surface area contributed by atoms with E-state index in [4.69, 9.17) is 0 Å². The average Bonchev–Trinajstić information content (AvgIpc) is 3.38. The summed E-state index contributed by atoms with van der Waals surface area (Å²) in [5.74, 6) is 0.770. The third kappa shape index (κ3) is 4.03. The lowest BCUT2D eigenvalue weighted by Crippen LogP contribution is -2.55. The second-order valence-electron chi connectivity index (χ2n) is 8.87. The number of hydrogen-bond acceptors (Lipinski definition) is 5. The zero-order valence-corrected chi connectivity index (χ0v) is 18.2. The summed E-state index contributed by atoms with van der Waals surface area (Å²) in [6.07, 6.45) is 0.974. The van der Waals surface area contributed by atoms with Gasteiger partial charge in [-0.1, -0.05) is 42.5 Å². The van der Waals surface area contributed by atoms with Gasteiger partial charge >= 0.3 is 0 Å². The maximum absolute atomic E-state index is 13.6. The number of rotatable bonds is 5. The van der Waals surface area contributed by atoms with Crippen LogP contribution in [0.2, 0.25) is 0 Å². The van der Waals surface area contributed by atoms with Gasteiger partial charge in [-0.25, -0.2) is 4.39 Å². The molecule has 1 N–H and O–H groups in total. The van der Waals surface area contributed by atoms with E-state index in [1.807, 2.05) is 41.0 Å². The Morgan fingerprint density at radius 3 is 2.72 bits per heavy atom. The van der Waals surface area contributed by atoms with Gasteiger partial charge in [0.1, 0.15) is 11.6 Å². The number of carbonyl (C=O) groups excluding carboxylic acids is 1. The molecule has 1 atom stereocenters. The second kappa shape index (κ2) is 8.44. The molecule has 0 radical (unpaired) electrons. The van der Waals surface area contributed by atoms with Crippen molar-refractivity contribution in [2.24, 2.45) is 0 Å². The van der Waals surface area contributed by atoms with Crippen molar-refractivity contribution < 1.29 is 9.18 Å². The van der Waals surface area contributed by atoms with E-state index >= 15 is 0 Å². The van der Waals surface area contributed by atoms with Crippen molar-refractivity contribution in [3.8, 4) is 0 Å². The lowest BCUT2D eigenvalue weighted by Gasteiger charge is -2.42. The van der Waals surface area contributed by atoms with E-state index in [0.29, 0.717) is 32.0 Å². The predicted molar refractivity (Wildman–Crippen MR) is 118 cm³/mol. The quantitative estimate of drug-likeness (QED) is 0.668. The van der Waals surface area contributed by atoms with Crippen molar-refractivity contribution in [3.05, 3.63) is 83.2 Å². The van der Waals surface area contributed by atoms with Gasteiger partial charge in [-0.15, -0.1) is 10.2 Å². The largest absolute Gasteiger partial charge is 0.345 e. The van der Waals surface area contributed by atoms with Crippen LogP contribution in [-0.2, 0) is 26.2 Å². The van der Waals surface area contributed by atoms with Crippen LogP contribution in [0.15, 0.2) is 54.6 Å². The van der Waals surface area contributed by atoms with Crippen LogP contribution in [0.5, 0.6) is 0 Å². The van der Waals surface area contributed by atoms with E-state index in [2.05, 4.69) is 32.4 Å². The molecule has 3 aromatic rings. The average molecular weight is 435 g/mol. The highest BCUT2D eigenvalue weighted by Crippen LogP contribution is 2.34. The molecule has 32 heavy (non-hydrogen) atoms. The molecule has 1 saturated heterocycles. The summed E-state index contributed by atoms with van der Waals surface area (Å²) in [6, 6.07) is 16.6. The zero-order valence-electron chi connectivity index (χ0n) is 18.2. The standard InChI is InChI=1S/C24H27FN6O/c1-29-15-21-27-28-22(23(32)26-13-18-6-3-2-4-7-18)31(21)17-24(29)10-11-30(16-24)14-19-8-5-9-20(25)12-19/h2-9,12H,10-11,13-17H2,1H3,(H,26,32)/t24-/m0/s1. The summed E-state index contributed by atoms with van der Waals surface area (Å²) in [5.41, 5.74) is 1.92. The first kappa shape index (κ1) is 20.8. The van der Waals surface area contributed by atoms with E-state index in [1.165, 1.54) is 6.07 Å².